The minimum atomic E-state index is 0.0851. The van der Waals surface area contributed by atoms with Crippen molar-refractivity contribution in [2.75, 3.05) is 6.54 Å². The molecule has 2 rings (SSSR count). The maximum Gasteiger partial charge on any atom is 0.220 e. The van der Waals surface area contributed by atoms with Crippen molar-refractivity contribution in [1.29, 1.82) is 0 Å². The van der Waals surface area contributed by atoms with Crippen LogP contribution in [0.15, 0.2) is 29.9 Å². The normalized spacial score (nSPS) is 12.1. The molecular formula is C15H19N3OS. The zero-order chi connectivity index (χ0) is 14.4. The Hall–Kier alpha value is -1.75. The molecule has 2 aromatic heterocycles. The van der Waals surface area contributed by atoms with E-state index < -0.39 is 0 Å². The summed E-state index contributed by atoms with van der Waals surface area (Å²) in [7, 11) is 0. The number of nitrogens with zero attached hydrogens (tertiary/aromatic N) is 2. The highest BCUT2D eigenvalue weighted by Gasteiger charge is 2.11. The predicted molar refractivity (Wildman–Crippen MR) is 80.8 cm³/mol. The molecule has 0 radical (unpaired) electrons. The highest BCUT2D eigenvalue weighted by atomic mass is 32.1. The lowest BCUT2D eigenvalue weighted by Gasteiger charge is -2.10. The van der Waals surface area contributed by atoms with Crippen molar-refractivity contribution in [3.05, 3.63) is 46.2 Å². The lowest BCUT2D eigenvalue weighted by Crippen LogP contribution is -2.27. The molecule has 1 N–H and O–H groups in total. The zero-order valence-electron chi connectivity index (χ0n) is 11.8. The second-order valence-corrected chi connectivity index (χ2v) is 5.78. The number of amides is 1. The lowest BCUT2D eigenvalue weighted by atomic mass is 10.1. The SMILES string of the molecule is Cc1csc([C@H](C)CNC(=O)CCc2ccncc2)n1. The van der Waals surface area contributed by atoms with Crippen LogP contribution in [0.5, 0.6) is 0 Å². The van der Waals surface area contributed by atoms with Gasteiger partial charge in [0.25, 0.3) is 0 Å². The van der Waals surface area contributed by atoms with Crippen molar-refractivity contribution in [2.45, 2.75) is 32.6 Å². The standard InChI is InChI=1S/C15H19N3OS/c1-11(15-18-12(2)10-20-15)9-17-14(19)4-3-13-5-7-16-8-6-13/h5-8,10-11H,3-4,9H2,1-2H3,(H,17,19)/t11-/m1/s1. The van der Waals surface area contributed by atoms with Crippen molar-refractivity contribution in [3.8, 4) is 0 Å². The van der Waals surface area contributed by atoms with E-state index in [0.29, 0.717) is 13.0 Å². The van der Waals surface area contributed by atoms with Gasteiger partial charge in [0.05, 0.1) is 5.01 Å². The molecular weight excluding hydrogens is 270 g/mol. The fourth-order valence-electron chi connectivity index (χ4n) is 1.85. The molecule has 0 saturated carbocycles. The number of nitrogens with one attached hydrogen (secondary N) is 1. The van der Waals surface area contributed by atoms with Gasteiger partial charge in [-0.25, -0.2) is 4.98 Å². The molecule has 5 heteroatoms. The molecule has 0 bridgehead atoms. The van der Waals surface area contributed by atoms with Crippen molar-refractivity contribution in [2.24, 2.45) is 0 Å². The zero-order valence-corrected chi connectivity index (χ0v) is 12.6. The van der Waals surface area contributed by atoms with Gasteiger partial charge in [0, 0.05) is 42.4 Å². The van der Waals surface area contributed by atoms with Crippen LogP contribution < -0.4 is 5.32 Å². The van der Waals surface area contributed by atoms with Gasteiger partial charge in [0.1, 0.15) is 0 Å². The minimum absolute atomic E-state index is 0.0851. The fourth-order valence-corrected chi connectivity index (χ4v) is 2.70. The first-order chi connectivity index (χ1) is 9.65. The molecule has 2 heterocycles. The van der Waals surface area contributed by atoms with E-state index in [0.717, 1.165) is 22.7 Å². The first-order valence-corrected chi connectivity index (χ1v) is 7.60. The summed E-state index contributed by atoms with van der Waals surface area (Å²) in [6.45, 7) is 4.71. The molecule has 0 unspecified atom stereocenters. The number of aryl methyl sites for hydroxylation is 2. The Labute approximate surface area is 123 Å². The van der Waals surface area contributed by atoms with Gasteiger partial charge in [-0.15, -0.1) is 11.3 Å². The molecule has 0 aliphatic heterocycles. The predicted octanol–water partition coefficient (Wildman–Crippen LogP) is 2.70. The molecule has 2 aromatic rings. The number of carbonyl (C=O) groups is 1. The van der Waals surface area contributed by atoms with Crippen molar-refractivity contribution >= 4 is 17.2 Å². The van der Waals surface area contributed by atoms with E-state index in [1.165, 1.54) is 0 Å². The number of thiazole rings is 1. The molecule has 0 fully saturated rings. The van der Waals surface area contributed by atoms with Crippen LogP contribution >= 0.6 is 11.3 Å². The average Bonchev–Trinajstić information content (AvgIpc) is 2.90. The fraction of sp³-hybridized carbons (Fsp3) is 0.400. The van der Waals surface area contributed by atoms with Crippen LogP contribution in [0.1, 0.15) is 35.5 Å². The van der Waals surface area contributed by atoms with Crippen molar-refractivity contribution in [3.63, 3.8) is 0 Å². The third-order valence-electron chi connectivity index (χ3n) is 3.05. The van der Waals surface area contributed by atoms with Crippen molar-refractivity contribution < 1.29 is 4.79 Å². The molecule has 1 atom stereocenters. The quantitative estimate of drug-likeness (QED) is 0.889. The third kappa shape index (κ3) is 4.42. The van der Waals surface area contributed by atoms with E-state index in [4.69, 9.17) is 0 Å². The van der Waals surface area contributed by atoms with Gasteiger partial charge in [-0.2, -0.15) is 0 Å². The topological polar surface area (TPSA) is 54.9 Å². The summed E-state index contributed by atoms with van der Waals surface area (Å²) < 4.78 is 0. The Kier molecular flexibility index (Phi) is 5.24. The minimum Gasteiger partial charge on any atom is -0.355 e. The average molecular weight is 289 g/mol. The molecule has 0 spiro atoms. The Morgan fingerprint density at radius 1 is 1.40 bits per heavy atom. The van der Waals surface area contributed by atoms with Crippen LogP contribution in [-0.4, -0.2) is 22.4 Å². The van der Waals surface area contributed by atoms with E-state index >= 15 is 0 Å². The van der Waals surface area contributed by atoms with Crippen LogP contribution in [-0.2, 0) is 11.2 Å². The molecule has 20 heavy (non-hydrogen) atoms. The summed E-state index contributed by atoms with van der Waals surface area (Å²) >= 11 is 1.65. The monoisotopic (exact) mass is 289 g/mol. The summed E-state index contributed by atoms with van der Waals surface area (Å²) in [5, 5.41) is 6.09. The molecule has 0 saturated heterocycles. The smallest absolute Gasteiger partial charge is 0.220 e. The number of hydrogen-bond donors (Lipinski definition) is 1. The second-order valence-electron chi connectivity index (χ2n) is 4.89. The third-order valence-corrected chi connectivity index (χ3v) is 4.25. The molecule has 0 aromatic carbocycles. The van der Waals surface area contributed by atoms with Gasteiger partial charge in [0.2, 0.25) is 5.91 Å². The van der Waals surface area contributed by atoms with Crippen molar-refractivity contribution in [1.82, 2.24) is 15.3 Å². The van der Waals surface area contributed by atoms with Gasteiger partial charge >= 0.3 is 0 Å². The molecule has 0 aliphatic carbocycles. The molecule has 1 amide bonds. The van der Waals surface area contributed by atoms with E-state index in [2.05, 4.69) is 22.2 Å². The first-order valence-electron chi connectivity index (χ1n) is 6.73. The van der Waals surface area contributed by atoms with Gasteiger partial charge in [0.15, 0.2) is 0 Å². The number of hydrogen-bond acceptors (Lipinski definition) is 4. The first kappa shape index (κ1) is 14.7. The van der Waals surface area contributed by atoms with Crippen LogP contribution in [0.25, 0.3) is 0 Å². The van der Waals surface area contributed by atoms with Crippen LogP contribution in [0.2, 0.25) is 0 Å². The number of aromatic nitrogens is 2. The highest BCUT2D eigenvalue weighted by molar-refractivity contribution is 7.09. The van der Waals surface area contributed by atoms with E-state index in [-0.39, 0.29) is 11.8 Å². The Bertz CT molecular complexity index is 553. The second kappa shape index (κ2) is 7.14. The summed E-state index contributed by atoms with van der Waals surface area (Å²) in [6, 6.07) is 3.88. The highest BCUT2D eigenvalue weighted by Crippen LogP contribution is 2.18. The van der Waals surface area contributed by atoms with Crippen LogP contribution in [0.3, 0.4) is 0 Å². The van der Waals surface area contributed by atoms with E-state index in [9.17, 15) is 4.79 Å². The molecule has 4 nitrogen and oxygen atoms in total. The Morgan fingerprint density at radius 2 is 2.15 bits per heavy atom. The van der Waals surface area contributed by atoms with Crippen LogP contribution in [0, 0.1) is 6.92 Å². The largest absolute Gasteiger partial charge is 0.355 e. The maximum absolute atomic E-state index is 11.8. The summed E-state index contributed by atoms with van der Waals surface area (Å²) in [5.41, 5.74) is 2.18. The lowest BCUT2D eigenvalue weighted by molar-refractivity contribution is -0.121. The Morgan fingerprint density at radius 3 is 2.80 bits per heavy atom. The summed E-state index contributed by atoms with van der Waals surface area (Å²) in [4.78, 5) is 20.2. The Balaban J connectivity index is 1.72. The van der Waals surface area contributed by atoms with Crippen LogP contribution in [0.4, 0.5) is 0 Å². The van der Waals surface area contributed by atoms with Gasteiger partial charge in [-0.05, 0) is 31.0 Å². The summed E-state index contributed by atoms with van der Waals surface area (Å²) in [5.74, 6) is 0.348. The van der Waals surface area contributed by atoms with Gasteiger partial charge in [-0.3, -0.25) is 9.78 Å². The molecule has 0 aliphatic rings. The van der Waals surface area contributed by atoms with E-state index in [1.807, 2.05) is 24.4 Å². The number of carbonyl (C=O) groups excluding carboxylic acids is 1. The number of rotatable bonds is 6. The van der Waals surface area contributed by atoms with Gasteiger partial charge in [-0.1, -0.05) is 6.92 Å². The number of pyridine rings is 1. The molecule has 106 valence electrons. The summed E-state index contributed by atoms with van der Waals surface area (Å²) in [6.07, 6.45) is 4.76. The maximum atomic E-state index is 11.8. The van der Waals surface area contributed by atoms with Gasteiger partial charge < -0.3 is 5.32 Å². The van der Waals surface area contributed by atoms with E-state index in [1.54, 1.807) is 23.7 Å².